The maximum absolute atomic E-state index is 12.2. The van der Waals surface area contributed by atoms with Gasteiger partial charge >= 0.3 is 0 Å². The second-order valence-electron chi connectivity index (χ2n) is 4.61. The second kappa shape index (κ2) is 8.36. The Kier molecular flexibility index (Phi) is 7.15. The molecule has 6 heteroatoms. The summed E-state index contributed by atoms with van der Waals surface area (Å²) in [5, 5.41) is 3.18. The van der Waals surface area contributed by atoms with Gasteiger partial charge in [-0.25, -0.2) is 13.1 Å². The molecule has 2 N–H and O–H groups in total. The van der Waals surface area contributed by atoms with E-state index in [0.29, 0.717) is 19.8 Å². The first-order chi connectivity index (χ1) is 9.49. The highest BCUT2D eigenvalue weighted by Gasteiger charge is 2.17. The highest BCUT2D eigenvalue weighted by molar-refractivity contribution is 7.89. The van der Waals surface area contributed by atoms with Crippen LogP contribution in [-0.2, 0) is 21.3 Å². The molecule has 0 radical (unpaired) electrons. The SMILES string of the molecule is CCNCc1cccc(S(=O)(=O)NC(C)COCC)c1. The van der Waals surface area contributed by atoms with Crippen LogP contribution < -0.4 is 10.0 Å². The zero-order chi connectivity index (χ0) is 15.0. The molecule has 0 aliphatic rings. The first kappa shape index (κ1) is 17.1. The van der Waals surface area contributed by atoms with Crippen molar-refractivity contribution in [2.24, 2.45) is 0 Å². The van der Waals surface area contributed by atoms with Gasteiger partial charge in [0.15, 0.2) is 0 Å². The molecule has 0 saturated heterocycles. The van der Waals surface area contributed by atoms with Gasteiger partial charge < -0.3 is 10.1 Å². The van der Waals surface area contributed by atoms with Gasteiger partial charge in [-0.2, -0.15) is 0 Å². The largest absolute Gasteiger partial charge is 0.380 e. The van der Waals surface area contributed by atoms with Crippen molar-refractivity contribution in [1.29, 1.82) is 0 Å². The Morgan fingerprint density at radius 3 is 2.70 bits per heavy atom. The molecule has 0 spiro atoms. The van der Waals surface area contributed by atoms with E-state index < -0.39 is 10.0 Å². The van der Waals surface area contributed by atoms with Gasteiger partial charge in [-0.05, 0) is 38.1 Å². The van der Waals surface area contributed by atoms with Gasteiger partial charge in [0.2, 0.25) is 10.0 Å². The number of benzene rings is 1. The number of sulfonamides is 1. The third-order valence-corrected chi connectivity index (χ3v) is 4.30. The molecule has 114 valence electrons. The molecular formula is C14H24N2O3S. The molecule has 1 unspecified atom stereocenters. The van der Waals surface area contributed by atoms with Crippen molar-refractivity contribution >= 4 is 10.0 Å². The summed E-state index contributed by atoms with van der Waals surface area (Å²) in [5.74, 6) is 0. The lowest BCUT2D eigenvalue weighted by Gasteiger charge is -2.14. The van der Waals surface area contributed by atoms with E-state index in [1.165, 1.54) is 0 Å². The van der Waals surface area contributed by atoms with Gasteiger partial charge in [-0.3, -0.25) is 0 Å². The van der Waals surface area contributed by atoms with Crippen molar-refractivity contribution in [3.63, 3.8) is 0 Å². The van der Waals surface area contributed by atoms with Gasteiger partial charge in [-0.15, -0.1) is 0 Å². The van der Waals surface area contributed by atoms with Crippen molar-refractivity contribution in [2.75, 3.05) is 19.8 Å². The fourth-order valence-corrected chi connectivity index (χ4v) is 3.05. The third kappa shape index (κ3) is 5.58. The molecule has 20 heavy (non-hydrogen) atoms. The minimum absolute atomic E-state index is 0.252. The summed E-state index contributed by atoms with van der Waals surface area (Å²) in [6.07, 6.45) is 0. The molecule has 0 heterocycles. The van der Waals surface area contributed by atoms with Crippen LogP contribution in [0.5, 0.6) is 0 Å². The van der Waals surface area contributed by atoms with Crippen molar-refractivity contribution in [1.82, 2.24) is 10.0 Å². The molecule has 0 bridgehead atoms. The average molecular weight is 300 g/mol. The lowest BCUT2D eigenvalue weighted by atomic mass is 10.2. The molecule has 0 aliphatic heterocycles. The van der Waals surface area contributed by atoms with Gasteiger partial charge in [0.25, 0.3) is 0 Å². The highest BCUT2D eigenvalue weighted by atomic mass is 32.2. The molecule has 1 aromatic carbocycles. The molecule has 5 nitrogen and oxygen atoms in total. The lowest BCUT2D eigenvalue weighted by Crippen LogP contribution is -2.35. The Morgan fingerprint density at radius 1 is 1.30 bits per heavy atom. The number of hydrogen-bond donors (Lipinski definition) is 2. The van der Waals surface area contributed by atoms with E-state index in [9.17, 15) is 8.42 Å². The number of nitrogens with one attached hydrogen (secondary N) is 2. The minimum Gasteiger partial charge on any atom is -0.380 e. The third-order valence-electron chi connectivity index (χ3n) is 2.72. The van der Waals surface area contributed by atoms with Gasteiger partial charge in [-0.1, -0.05) is 19.1 Å². The maximum Gasteiger partial charge on any atom is 0.240 e. The van der Waals surface area contributed by atoms with Crippen molar-refractivity contribution in [3.05, 3.63) is 29.8 Å². The first-order valence-corrected chi connectivity index (χ1v) is 8.37. The van der Waals surface area contributed by atoms with E-state index in [0.717, 1.165) is 12.1 Å². The molecule has 1 aromatic rings. The smallest absolute Gasteiger partial charge is 0.240 e. The molecule has 0 saturated carbocycles. The second-order valence-corrected chi connectivity index (χ2v) is 6.32. The summed E-state index contributed by atoms with van der Waals surface area (Å²) in [6, 6.07) is 6.71. The van der Waals surface area contributed by atoms with Gasteiger partial charge in [0.1, 0.15) is 0 Å². The zero-order valence-corrected chi connectivity index (χ0v) is 13.2. The Hall–Kier alpha value is -0.950. The van der Waals surface area contributed by atoms with Crippen LogP contribution in [-0.4, -0.2) is 34.2 Å². The number of hydrogen-bond acceptors (Lipinski definition) is 4. The van der Waals surface area contributed by atoms with E-state index in [1.807, 2.05) is 19.9 Å². The molecule has 0 fully saturated rings. The van der Waals surface area contributed by atoms with Crippen molar-refractivity contribution in [3.8, 4) is 0 Å². The maximum atomic E-state index is 12.2. The zero-order valence-electron chi connectivity index (χ0n) is 12.3. The van der Waals surface area contributed by atoms with Crippen LogP contribution in [0.1, 0.15) is 26.3 Å². The van der Waals surface area contributed by atoms with Crippen LogP contribution in [0.15, 0.2) is 29.2 Å². The lowest BCUT2D eigenvalue weighted by molar-refractivity contribution is 0.133. The molecular weight excluding hydrogens is 276 g/mol. The fourth-order valence-electron chi connectivity index (χ4n) is 1.75. The van der Waals surface area contributed by atoms with E-state index in [-0.39, 0.29) is 10.9 Å². The number of ether oxygens (including phenoxy) is 1. The summed E-state index contributed by atoms with van der Waals surface area (Å²) in [4.78, 5) is 0.288. The van der Waals surface area contributed by atoms with Crippen LogP contribution in [0.2, 0.25) is 0 Å². The van der Waals surface area contributed by atoms with Crippen LogP contribution in [0.4, 0.5) is 0 Å². The summed E-state index contributed by atoms with van der Waals surface area (Å²) >= 11 is 0. The molecule has 0 amide bonds. The Balaban J connectivity index is 2.76. The Labute approximate surface area is 121 Å². The summed E-state index contributed by atoms with van der Waals surface area (Å²) < 4.78 is 32.3. The van der Waals surface area contributed by atoms with Crippen LogP contribution in [0.25, 0.3) is 0 Å². The molecule has 0 aromatic heterocycles. The summed E-state index contributed by atoms with van der Waals surface area (Å²) in [5.41, 5.74) is 0.951. The Morgan fingerprint density at radius 2 is 2.05 bits per heavy atom. The van der Waals surface area contributed by atoms with Gasteiger partial charge in [0, 0.05) is 19.2 Å². The Bertz CT molecular complexity index is 503. The molecule has 1 rings (SSSR count). The average Bonchev–Trinajstić information content (AvgIpc) is 2.42. The first-order valence-electron chi connectivity index (χ1n) is 6.89. The summed E-state index contributed by atoms with van der Waals surface area (Å²) in [7, 11) is -3.50. The topological polar surface area (TPSA) is 67.4 Å². The fraction of sp³-hybridized carbons (Fsp3) is 0.571. The van der Waals surface area contributed by atoms with Crippen LogP contribution >= 0.6 is 0 Å². The number of rotatable bonds is 9. The van der Waals surface area contributed by atoms with Crippen molar-refractivity contribution in [2.45, 2.75) is 38.3 Å². The predicted molar refractivity (Wildman–Crippen MR) is 80.1 cm³/mol. The van der Waals surface area contributed by atoms with E-state index in [1.54, 1.807) is 25.1 Å². The summed E-state index contributed by atoms with van der Waals surface area (Å²) in [6.45, 7) is 8.13. The van der Waals surface area contributed by atoms with Crippen LogP contribution in [0, 0.1) is 0 Å². The minimum atomic E-state index is -3.50. The monoisotopic (exact) mass is 300 g/mol. The van der Waals surface area contributed by atoms with Crippen molar-refractivity contribution < 1.29 is 13.2 Å². The normalized spacial score (nSPS) is 13.3. The predicted octanol–water partition coefficient (Wildman–Crippen LogP) is 1.50. The van der Waals surface area contributed by atoms with E-state index in [2.05, 4.69) is 10.0 Å². The van der Waals surface area contributed by atoms with Crippen LogP contribution in [0.3, 0.4) is 0 Å². The van der Waals surface area contributed by atoms with Gasteiger partial charge in [0.05, 0.1) is 11.5 Å². The standard InChI is InChI=1S/C14H24N2O3S/c1-4-15-10-13-7-6-8-14(9-13)20(17,18)16-12(3)11-19-5-2/h6-9,12,15-16H,4-5,10-11H2,1-3H3. The molecule has 0 aliphatic carbocycles. The quantitative estimate of drug-likeness (QED) is 0.725. The van der Waals surface area contributed by atoms with E-state index in [4.69, 9.17) is 4.74 Å². The highest BCUT2D eigenvalue weighted by Crippen LogP contribution is 2.12. The van der Waals surface area contributed by atoms with E-state index >= 15 is 0 Å². The molecule has 1 atom stereocenters.